The van der Waals surface area contributed by atoms with E-state index in [1.165, 1.54) is 10.4 Å². The fourth-order valence-electron chi connectivity index (χ4n) is 0.966. The summed E-state index contributed by atoms with van der Waals surface area (Å²) < 4.78 is 0. The lowest BCUT2D eigenvalue weighted by Gasteiger charge is -1.86. The molecule has 0 aliphatic heterocycles. The van der Waals surface area contributed by atoms with Crippen LogP contribution in [0.2, 0.25) is 0 Å². The van der Waals surface area contributed by atoms with Gasteiger partial charge in [0.25, 0.3) is 0 Å². The highest BCUT2D eigenvalue weighted by atomic mass is 32.1. The first kappa shape index (κ1) is 7.91. The van der Waals surface area contributed by atoms with Gasteiger partial charge in [0.1, 0.15) is 5.01 Å². The van der Waals surface area contributed by atoms with E-state index in [2.05, 4.69) is 16.4 Å². The molecule has 62 valence electrons. The van der Waals surface area contributed by atoms with Crippen LogP contribution < -0.4 is 5.73 Å². The fraction of sp³-hybridized carbons (Fsp3) is 0.125. The summed E-state index contributed by atoms with van der Waals surface area (Å²) in [6.45, 7) is 0.621. The Labute approximate surface area is 78.7 Å². The second-order valence-electron chi connectivity index (χ2n) is 2.34. The highest BCUT2D eigenvalue weighted by Gasteiger charge is 2.02. The molecule has 0 bridgehead atoms. The summed E-state index contributed by atoms with van der Waals surface area (Å²) in [7, 11) is 0. The van der Waals surface area contributed by atoms with Crippen molar-refractivity contribution in [3.8, 4) is 10.6 Å². The van der Waals surface area contributed by atoms with Gasteiger partial charge in [-0.05, 0) is 6.07 Å². The van der Waals surface area contributed by atoms with Gasteiger partial charge in [-0.15, -0.1) is 22.7 Å². The molecule has 2 heterocycles. The molecule has 0 radical (unpaired) electrons. The van der Waals surface area contributed by atoms with Crippen molar-refractivity contribution in [2.45, 2.75) is 6.54 Å². The van der Waals surface area contributed by atoms with E-state index in [1.54, 1.807) is 22.7 Å². The third-order valence-electron chi connectivity index (χ3n) is 1.53. The van der Waals surface area contributed by atoms with Gasteiger partial charge in [0.05, 0.1) is 0 Å². The van der Waals surface area contributed by atoms with Crippen molar-refractivity contribution in [1.82, 2.24) is 4.98 Å². The van der Waals surface area contributed by atoms with E-state index in [9.17, 15) is 0 Å². The Kier molecular flexibility index (Phi) is 2.21. The maximum absolute atomic E-state index is 5.51. The molecule has 2 nitrogen and oxygen atoms in total. The molecule has 2 aromatic heterocycles. The number of rotatable bonds is 2. The molecule has 0 aliphatic rings. The molecular weight excluding hydrogens is 188 g/mol. The molecule has 2 aromatic rings. The normalized spacial score (nSPS) is 10.4. The lowest BCUT2D eigenvalue weighted by molar-refractivity contribution is 1.11. The molecule has 0 saturated carbocycles. The Morgan fingerprint density at radius 1 is 1.42 bits per heavy atom. The van der Waals surface area contributed by atoms with Crippen LogP contribution in [0.4, 0.5) is 0 Å². The van der Waals surface area contributed by atoms with E-state index in [4.69, 9.17) is 5.73 Å². The summed E-state index contributed by atoms with van der Waals surface area (Å²) >= 11 is 3.34. The Morgan fingerprint density at radius 2 is 2.33 bits per heavy atom. The van der Waals surface area contributed by atoms with Gasteiger partial charge < -0.3 is 5.73 Å². The number of nitrogens with zero attached hydrogens (tertiary/aromatic N) is 1. The average Bonchev–Trinajstić information content (AvgIpc) is 2.75. The second kappa shape index (κ2) is 3.35. The van der Waals surface area contributed by atoms with E-state index < -0.39 is 0 Å². The van der Waals surface area contributed by atoms with Gasteiger partial charge in [-0.25, -0.2) is 4.98 Å². The summed E-state index contributed by atoms with van der Waals surface area (Å²) in [4.78, 5) is 5.43. The van der Waals surface area contributed by atoms with Crippen molar-refractivity contribution >= 4 is 22.7 Å². The first-order valence-corrected chi connectivity index (χ1v) is 5.33. The number of thiophene rings is 1. The van der Waals surface area contributed by atoms with Crippen LogP contribution in [0.15, 0.2) is 23.0 Å². The molecule has 4 heteroatoms. The van der Waals surface area contributed by atoms with Crippen LogP contribution in [-0.2, 0) is 6.54 Å². The first-order valence-electron chi connectivity index (χ1n) is 3.57. The molecule has 0 saturated heterocycles. The van der Waals surface area contributed by atoms with Crippen molar-refractivity contribution in [1.29, 1.82) is 0 Å². The van der Waals surface area contributed by atoms with Crippen molar-refractivity contribution < 1.29 is 0 Å². The lowest BCUT2D eigenvalue weighted by atomic mass is 10.3. The summed E-state index contributed by atoms with van der Waals surface area (Å²) in [5.74, 6) is 0. The Balaban J connectivity index is 2.35. The predicted octanol–water partition coefficient (Wildman–Crippen LogP) is 2.33. The average molecular weight is 196 g/mol. The Morgan fingerprint density at radius 3 is 2.92 bits per heavy atom. The van der Waals surface area contributed by atoms with E-state index in [0.717, 1.165) is 5.01 Å². The molecule has 0 unspecified atom stereocenters. The zero-order valence-electron chi connectivity index (χ0n) is 6.36. The zero-order valence-corrected chi connectivity index (χ0v) is 7.99. The molecule has 12 heavy (non-hydrogen) atoms. The molecule has 2 rings (SSSR count). The summed E-state index contributed by atoms with van der Waals surface area (Å²) in [5, 5.41) is 5.15. The molecular formula is C8H8N2S2. The van der Waals surface area contributed by atoms with Gasteiger partial charge in [0.15, 0.2) is 0 Å². The second-order valence-corrected chi connectivity index (χ2v) is 4.23. The summed E-state index contributed by atoms with van der Waals surface area (Å²) in [6.07, 6.45) is 1.82. The minimum atomic E-state index is 0.621. The van der Waals surface area contributed by atoms with Crippen LogP contribution >= 0.6 is 22.7 Å². The predicted molar refractivity (Wildman–Crippen MR) is 53.3 cm³/mol. The highest BCUT2D eigenvalue weighted by molar-refractivity contribution is 7.14. The van der Waals surface area contributed by atoms with E-state index in [0.29, 0.717) is 6.54 Å². The van der Waals surface area contributed by atoms with Crippen LogP contribution in [0.3, 0.4) is 0 Å². The molecule has 0 spiro atoms. The van der Waals surface area contributed by atoms with Crippen LogP contribution in [0.1, 0.15) is 4.88 Å². The van der Waals surface area contributed by atoms with Crippen LogP contribution in [0.5, 0.6) is 0 Å². The number of aromatic nitrogens is 1. The van der Waals surface area contributed by atoms with Gasteiger partial charge in [0, 0.05) is 33.9 Å². The SMILES string of the molecule is NCc1cc(-c2nccs2)cs1. The van der Waals surface area contributed by atoms with Gasteiger partial charge in [-0.1, -0.05) is 0 Å². The molecule has 0 amide bonds. The maximum Gasteiger partial charge on any atom is 0.124 e. The fourth-order valence-corrected chi connectivity index (χ4v) is 2.42. The molecule has 0 aliphatic carbocycles. The van der Waals surface area contributed by atoms with Gasteiger partial charge in [0.2, 0.25) is 0 Å². The van der Waals surface area contributed by atoms with Gasteiger partial charge >= 0.3 is 0 Å². The van der Waals surface area contributed by atoms with Crippen molar-refractivity contribution in [2.75, 3.05) is 0 Å². The topological polar surface area (TPSA) is 38.9 Å². The van der Waals surface area contributed by atoms with Crippen LogP contribution in [0, 0.1) is 0 Å². The van der Waals surface area contributed by atoms with Crippen LogP contribution in [-0.4, -0.2) is 4.98 Å². The molecule has 0 atom stereocenters. The summed E-state index contributed by atoms with van der Waals surface area (Å²) in [6, 6.07) is 2.10. The first-order chi connectivity index (χ1) is 5.90. The monoisotopic (exact) mass is 196 g/mol. The zero-order chi connectivity index (χ0) is 8.39. The smallest absolute Gasteiger partial charge is 0.124 e. The van der Waals surface area contributed by atoms with Crippen molar-refractivity contribution in [3.63, 3.8) is 0 Å². The molecule has 0 aromatic carbocycles. The van der Waals surface area contributed by atoms with E-state index >= 15 is 0 Å². The van der Waals surface area contributed by atoms with Crippen LogP contribution in [0.25, 0.3) is 10.6 Å². The quantitative estimate of drug-likeness (QED) is 0.800. The minimum Gasteiger partial charge on any atom is -0.326 e. The lowest BCUT2D eigenvalue weighted by Crippen LogP contribution is -1.91. The number of hydrogen-bond acceptors (Lipinski definition) is 4. The molecule has 2 N–H and O–H groups in total. The van der Waals surface area contributed by atoms with E-state index in [1.807, 2.05) is 11.6 Å². The standard InChI is InChI=1S/C8H8N2S2/c9-4-7-3-6(5-12-7)8-10-1-2-11-8/h1-3,5H,4,9H2. The third-order valence-corrected chi connectivity index (χ3v) is 3.32. The van der Waals surface area contributed by atoms with Crippen molar-refractivity contribution in [3.05, 3.63) is 27.9 Å². The largest absolute Gasteiger partial charge is 0.326 e. The summed E-state index contributed by atoms with van der Waals surface area (Å²) in [5.41, 5.74) is 6.70. The van der Waals surface area contributed by atoms with Crippen molar-refractivity contribution in [2.24, 2.45) is 5.73 Å². The Bertz CT molecular complexity index is 351. The van der Waals surface area contributed by atoms with Gasteiger partial charge in [-0.2, -0.15) is 0 Å². The number of nitrogens with two attached hydrogens (primary N) is 1. The third kappa shape index (κ3) is 1.41. The number of thiazole rings is 1. The minimum absolute atomic E-state index is 0.621. The highest BCUT2D eigenvalue weighted by Crippen LogP contribution is 2.26. The molecule has 0 fully saturated rings. The van der Waals surface area contributed by atoms with Gasteiger partial charge in [-0.3, -0.25) is 0 Å². The maximum atomic E-state index is 5.51. The Hall–Kier alpha value is -0.710. The van der Waals surface area contributed by atoms with E-state index in [-0.39, 0.29) is 0 Å². The number of hydrogen-bond donors (Lipinski definition) is 1.